The smallest absolute Gasteiger partial charge is 0.404 e. The summed E-state index contributed by atoms with van der Waals surface area (Å²) >= 11 is 0. The van der Waals surface area contributed by atoms with Gasteiger partial charge in [-0.25, -0.2) is 9.78 Å². The maximum Gasteiger partial charge on any atom is 0.404 e. The van der Waals surface area contributed by atoms with Gasteiger partial charge in [0.1, 0.15) is 6.61 Å². The van der Waals surface area contributed by atoms with E-state index in [1.165, 1.54) is 7.11 Å². The van der Waals surface area contributed by atoms with E-state index in [-0.39, 0.29) is 6.61 Å². The third kappa shape index (κ3) is 2.98. The molecule has 0 unspecified atom stereocenters. The molecule has 1 rings (SSSR count). The van der Waals surface area contributed by atoms with Crippen LogP contribution in [0.4, 0.5) is 4.79 Å². The number of carbonyl (C=O) groups excluding carboxylic acids is 1. The molecule has 0 bridgehead atoms. The molecule has 1 aromatic heterocycles. The Morgan fingerprint density at radius 3 is 2.85 bits per heavy atom. The highest BCUT2D eigenvalue weighted by atomic mass is 16.5. The predicted octanol–water partition coefficient (Wildman–Crippen LogP) is 0.686. The van der Waals surface area contributed by atoms with Crippen molar-refractivity contribution < 1.29 is 14.3 Å². The van der Waals surface area contributed by atoms with Gasteiger partial charge in [-0.05, 0) is 6.07 Å². The molecule has 5 heteroatoms. The van der Waals surface area contributed by atoms with Crippen molar-refractivity contribution in [2.75, 3.05) is 7.11 Å². The monoisotopic (exact) mass is 182 g/mol. The molecule has 1 aromatic rings. The fourth-order valence-corrected chi connectivity index (χ4v) is 0.772. The lowest BCUT2D eigenvalue weighted by Gasteiger charge is -2.02. The molecular weight excluding hydrogens is 172 g/mol. The number of hydrogen-bond acceptors (Lipinski definition) is 4. The summed E-state index contributed by atoms with van der Waals surface area (Å²) in [7, 11) is 1.53. The van der Waals surface area contributed by atoms with Crippen LogP contribution < -0.4 is 10.5 Å². The Balaban J connectivity index is 2.54. The van der Waals surface area contributed by atoms with Crippen LogP contribution in [0.15, 0.2) is 18.3 Å². The van der Waals surface area contributed by atoms with Gasteiger partial charge in [0, 0.05) is 17.8 Å². The van der Waals surface area contributed by atoms with Crippen LogP contribution in [0.1, 0.15) is 5.56 Å². The topological polar surface area (TPSA) is 74.4 Å². The van der Waals surface area contributed by atoms with Crippen molar-refractivity contribution in [3.05, 3.63) is 23.9 Å². The van der Waals surface area contributed by atoms with Gasteiger partial charge in [0.2, 0.25) is 5.88 Å². The molecule has 0 aliphatic rings. The zero-order valence-corrected chi connectivity index (χ0v) is 7.19. The van der Waals surface area contributed by atoms with Crippen LogP contribution in [-0.4, -0.2) is 18.2 Å². The third-order valence-corrected chi connectivity index (χ3v) is 1.39. The van der Waals surface area contributed by atoms with Crippen LogP contribution in [0.3, 0.4) is 0 Å². The Kier molecular flexibility index (Phi) is 3.08. The molecular formula is C8H10N2O3. The van der Waals surface area contributed by atoms with E-state index in [2.05, 4.69) is 9.72 Å². The molecule has 0 radical (unpaired) electrons. The van der Waals surface area contributed by atoms with Gasteiger partial charge in [0.15, 0.2) is 0 Å². The SMILES string of the molecule is COc1ccc(COC(N)=O)cn1. The lowest BCUT2D eigenvalue weighted by Crippen LogP contribution is -2.12. The molecule has 5 nitrogen and oxygen atoms in total. The summed E-state index contributed by atoms with van der Waals surface area (Å²) in [4.78, 5) is 14.2. The van der Waals surface area contributed by atoms with Crippen molar-refractivity contribution in [1.29, 1.82) is 0 Å². The van der Waals surface area contributed by atoms with Gasteiger partial charge in [-0.1, -0.05) is 0 Å². The van der Waals surface area contributed by atoms with Gasteiger partial charge in [-0.2, -0.15) is 0 Å². The van der Waals surface area contributed by atoms with E-state index in [9.17, 15) is 4.79 Å². The van der Waals surface area contributed by atoms with Crippen LogP contribution in [0, 0.1) is 0 Å². The average Bonchev–Trinajstić information content (AvgIpc) is 2.15. The molecule has 13 heavy (non-hydrogen) atoms. The molecule has 0 saturated carbocycles. The first-order valence-corrected chi connectivity index (χ1v) is 3.63. The van der Waals surface area contributed by atoms with E-state index in [1.54, 1.807) is 18.3 Å². The van der Waals surface area contributed by atoms with Crippen molar-refractivity contribution in [3.8, 4) is 5.88 Å². The van der Waals surface area contributed by atoms with Crippen LogP contribution in [0.5, 0.6) is 5.88 Å². The van der Waals surface area contributed by atoms with E-state index in [1.807, 2.05) is 0 Å². The first-order valence-electron chi connectivity index (χ1n) is 3.63. The van der Waals surface area contributed by atoms with E-state index in [0.717, 1.165) is 5.56 Å². The first kappa shape index (κ1) is 9.31. The highest BCUT2D eigenvalue weighted by molar-refractivity contribution is 5.64. The number of ether oxygens (including phenoxy) is 2. The molecule has 0 aromatic carbocycles. The molecule has 70 valence electrons. The Morgan fingerprint density at radius 2 is 2.38 bits per heavy atom. The van der Waals surface area contributed by atoms with Crippen molar-refractivity contribution in [3.63, 3.8) is 0 Å². The maximum atomic E-state index is 10.3. The van der Waals surface area contributed by atoms with Gasteiger partial charge in [-0.3, -0.25) is 0 Å². The highest BCUT2D eigenvalue weighted by Crippen LogP contribution is 2.07. The third-order valence-electron chi connectivity index (χ3n) is 1.39. The summed E-state index contributed by atoms with van der Waals surface area (Å²) < 4.78 is 9.41. The zero-order valence-electron chi connectivity index (χ0n) is 7.19. The normalized spacial score (nSPS) is 9.31. The second-order valence-corrected chi connectivity index (χ2v) is 2.32. The van der Waals surface area contributed by atoms with Crippen molar-refractivity contribution in [1.82, 2.24) is 4.98 Å². The number of amides is 1. The fourth-order valence-electron chi connectivity index (χ4n) is 0.772. The summed E-state index contributed by atoms with van der Waals surface area (Å²) in [5.74, 6) is 0.517. The first-order chi connectivity index (χ1) is 6.22. The minimum Gasteiger partial charge on any atom is -0.481 e. The van der Waals surface area contributed by atoms with E-state index in [4.69, 9.17) is 10.5 Å². The average molecular weight is 182 g/mol. The number of rotatable bonds is 3. The summed E-state index contributed by atoms with van der Waals surface area (Å²) in [5, 5.41) is 0. The second kappa shape index (κ2) is 4.30. The minimum absolute atomic E-state index is 0.131. The quantitative estimate of drug-likeness (QED) is 0.746. The zero-order chi connectivity index (χ0) is 9.68. The number of primary amides is 1. The number of carbonyl (C=O) groups is 1. The maximum absolute atomic E-state index is 10.3. The molecule has 1 heterocycles. The summed E-state index contributed by atoms with van der Waals surface area (Å²) in [5.41, 5.74) is 5.55. The van der Waals surface area contributed by atoms with Crippen molar-refractivity contribution in [2.24, 2.45) is 5.73 Å². The number of pyridine rings is 1. The van der Waals surface area contributed by atoms with Gasteiger partial charge < -0.3 is 15.2 Å². The molecule has 0 aliphatic carbocycles. The second-order valence-electron chi connectivity index (χ2n) is 2.32. The van der Waals surface area contributed by atoms with Gasteiger partial charge >= 0.3 is 6.09 Å². The Bertz CT molecular complexity index is 284. The standard InChI is InChI=1S/C8H10N2O3/c1-12-7-3-2-6(4-10-7)5-13-8(9)11/h2-4H,5H2,1H3,(H2,9,11). The summed E-state index contributed by atoms with van der Waals surface area (Å²) in [6, 6.07) is 3.43. The fraction of sp³-hybridized carbons (Fsp3) is 0.250. The van der Waals surface area contributed by atoms with Crippen molar-refractivity contribution in [2.45, 2.75) is 6.61 Å². The van der Waals surface area contributed by atoms with Crippen LogP contribution in [-0.2, 0) is 11.3 Å². The molecule has 0 atom stereocenters. The van der Waals surface area contributed by atoms with E-state index in [0.29, 0.717) is 5.88 Å². The minimum atomic E-state index is -0.796. The van der Waals surface area contributed by atoms with Gasteiger partial charge in [0.25, 0.3) is 0 Å². The van der Waals surface area contributed by atoms with Crippen LogP contribution >= 0.6 is 0 Å². The molecule has 0 aliphatic heterocycles. The lowest BCUT2D eigenvalue weighted by atomic mass is 10.3. The molecule has 0 spiro atoms. The summed E-state index contributed by atoms with van der Waals surface area (Å²) in [6.45, 7) is 0.131. The number of methoxy groups -OCH3 is 1. The Morgan fingerprint density at radius 1 is 1.62 bits per heavy atom. The molecule has 1 amide bonds. The largest absolute Gasteiger partial charge is 0.481 e. The number of nitrogens with zero attached hydrogens (tertiary/aromatic N) is 1. The lowest BCUT2D eigenvalue weighted by molar-refractivity contribution is 0.150. The summed E-state index contributed by atoms with van der Waals surface area (Å²) in [6.07, 6.45) is 0.762. The van der Waals surface area contributed by atoms with Crippen LogP contribution in [0.25, 0.3) is 0 Å². The van der Waals surface area contributed by atoms with Gasteiger partial charge in [0.05, 0.1) is 7.11 Å². The molecule has 0 saturated heterocycles. The van der Waals surface area contributed by atoms with Crippen LogP contribution in [0.2, 0.25) is 0 Å². The van der Waals surface area contributed by atoms with Crippen molar-refractivity contribution >= 4 is 6.09 Å². The Labute approximate surface area is 75.5 Å². The number of nitrogens with two attached hydrogens (primary N) is 1. The predicted molar refractivity (Wildman–Crippen MR) is 45.2 cm³/mol. The number of hydrogen-bond donors (Lipinski definition) is 1. The Hall–Kier alpha value is -1.78. The molecule has 0 fully saturated rings. The molecule has 2 N–H and O–H groups in total. The van der Waals surface area contributed by atoms with E-state index < -0.39 is 6.09 Å². The number of aromatic nitrogens is 1. The highest BCUT2D eigenvalue weighted by Gasteiger charge is 1.97. The van der Waals surface area contributed by atoms with Gasteiger partial charge in [-0.15, -0.1) is 0 Å². The van der Waals surface area contributed by atoms with E-state index >= 15 is 0 Å².